The van der Waals surface area contributed by atoms with Crippen molar-refractivity contribution in [2.24, 2.45) is 0 Å². The highest BCUT2D eigenvalue weighted by Crippen LogP contribution is 2.36. The summed E-state index contributed by atoms with van der Waals surface area (Å²) in [5.41, 5.74) is 0.161. The summed E-state index contributed by atoms with van der Waals surface area (Å²) in [5, 5.41) is 7.12. The highest BCUT2D eigenvalue weighted by atomic mass is 35.5. The predicted octanol–water partition coefficient (Wildman–Crippen LogP) is 3.35. The number of hydrogen-bond donors (Lipinski definition) is 1. The second-order valence-electron chi connectivity index (χ2n) is 8.47. The van der Waals surface area contributed by atoms with Crippen LogP contribution in [0.5, 0.6) is 0 Å². The molecule has 2 aromatic heterocycles. The fourth-order valence-corrected chi connectivity index (χ4v) is 8.87. The minimum absolute atomic E-state index is 0.0483. The van der Waals surface area contributed by atoms with E-state index in [1.54, 1.807) is 4.68 Å². The highest BCUT2D eigenvalue weighted by molar-refractivity contribution is 6.99. The predicted molar refractivity (Wildman–Crippen MR) is 127 cm³/mol. The van der Waals surface area contributed by atoms with Gasteiger partial charge in [-0.1, -0.05) is 81.4 Å². The molecule has 0 unspecified atom stereocenters. The molecule has 6 nitrogen and oxygen atoms in total. The van der Waals surface area contributed by atoms with Crippen LogP contribution in [-0.2, 0) is 11.0 Å². The number of H-pyrrole nitrogens is 1. The number of hydrogen-bond acceptors (Lipinski definition) is 4. The van der Waals surface area contributed by atoms with E-state index in [1.807, 2.05) is 12.1 Å². The van der Waals surface area contributed by atoms with Crippen molar-refractivity contribution in [2.45, 2.75) is 32.4 Å². The number of nitrogens with one attached hydrogen (secondary N) is 1. The molecular formula is C23H25ClN4O2Si. The molecule has 0 atom stereocenters. The Bertz CT molecular complexity index is 1190. The van der Waals surface area contributed by atoms with Crippen molar-refractivity contribution in [3.63, 3.8) is 0 Å². The van der Waals surface area contributed by atoms with Crippen LogP contribution in [-0.4, -0.2) is 34.7 Å². The number of fused-ring (bicyclic) bond motifs is 1. The van der Waals surface area contributed by atoms with Crippen LogP contribution in [0.3, 0.4) is 0 Å². The zero-order valence-electron chi connectivity index (χ0n) is 17.8. The average molecular weight is 453 g/mol. The van der Waals surface area contributed by atoms with Gasteiger partial charge in [0, 0.05) is 0 Å². The second-order valence-corrected chi connectivity index (χ2v) is 13.1. The smallest absolute Gasteiger partial charge is 0.262 e. The number of nitrogens with zero attached hydrogens (tertiary/aromatic N) is 3. The van der Waals surface area contributed by atoms with Gasteiger partial charge in [-0.3, -0.25) is 9.78 Å². The molecule has 0 aliphatic carbocycles. The second kappa shape index (κ2) is 8.41. The van der Waals surface area contributed by atoms with Crippen LogP contribution in [0.2, 0.25) is 10.3 Å². The minimum atomic E-state index is -2.63. The van der Waals surface area contributed by atoms with E-state index in [1.165, 1.54) is 16.6 Å². The first kappa shape index (κ1) is 21.5. The zero-order valence-corrected chi connectivity index (χ0v) is 19.6. The summed E-state index contributed by atoms with van der Waals surface area (Å²) >= 11 is 5.95. The van der Waals surface area contributed by atoms with Gasteiger partial charge in [-0.05, 0) is 27.0 Å². The first-order chi connectivity index (χ1) is 14.8. The van der Waals surface area contributed by atoms with E-state index >= 15 is 0 Å². The lowest BCUT2D eigenvalue weighted by Gasteiger charge is -2.43. The summed E-state index contributed by atoms with van der Waals surface area (Å²) in [6.07, 6.45) is 1.51. The van der Waals surface area contributed by atoms with Gasteiger partial charge >= 0.3 is 0 Å². The Balaban J connectivity index is 1.72. The molecule has 2 heterocycles. The summed E-state index contributed by atoms with van der Waals surface area (Å²) in [5.74, 6) is 0. The molecule has 4 aromatic rings. The van der Waals surface area contributed by atoms with E-state index in [9.17, 15) is 4.79 Å². The fourth-order valence-electron chi connectivity index (χ4n) is 4.15. The van der Waals surface area contributed by atoms with E-state index in [0.29, 0.717) is 24.2 Å². The topological polar surface area (TPSA) is 72.8 Å². The Morgan fingerprint density at radius 3 is 2.16 bits per heavy atom. The molecule has 0 spiro atoms. The maximum atomic E-state index is 12.1. The van der Waals surface area contributed by atoms with Gasteiger partial charge in [-0.2, -0.15) is 10.1 Å². The molecule has 160 valence electrons. The Labute approximate surface area is 187 Å². The molecule has 0 saturated heterocycles. The van der Waals surface area contributed by atoms with Gasteiger partial charge in [-0.25, -0.2) is 4.68 Å². The summed E-state index contributed by atoms with van der Waals surface area (Å²) in [6.45, 7) is 7.60. The van der Waals surface area contributed by atoms with Crippen molar-refractivity contribution in [1.82, 2.24) is 19.7 Å². The van der Waals surface area contributed by atoms with Crippen LogP contribution in [0.25, 0.3) is 11.0 Å². The van der Waals surface area contributed by atoms with Crippen LogP contribution >= 0.6 is 11.6 Å². The van der Waals surface area contributed by atoms with E-state index < -0.39 is 8.32 Å². The van der Waals surface area contributed by atoms with Gasteiger partial charge in [0.2, 0.25) is 5.28 Å². The van der Waals surface area contributed by atoms with Gasteiger partial charge in [0.05, 0.1) is 19.3 Å². The van der Waals surface area contributed by atoms with Gasteiger partial charge in [-0.15, -0.1) is 0 Å². The Hall–Kier alpha value is -2.74. The minimum Gasteiger partial charge on any atom is -0.406 e. The van der Waals surface area contributed by atoms with E-state index in [2.05, 4.69) is 84.4 Å². The van der Waals surface area contributed by atoms with E-state index in [0.717, 1.165) is 0 Å². The summed E-state index contributed by atoms with van der Waals surface area (Å²) in [7, 11) is -2.63. The van der Waals surface area contributed by atoms with Crippen molar-refractivity contribution < 1.29 is 4.43 Å². The first-order valence-electron chi connectivity index (χ1n) is 10.2. The van der Waals surface area contributed by atoms with E-state index in [-0.39, 0.29) is 15.9 Å². The van der Waals surface area contributed by atoms with Crippen LogP contribution in [0.1, 0.15) is 20.8 Å². The SMILES string of the molecule is CC(C)(C)[Si](OCCn1ncc2c(=O)[nH]c(Cl)nc21)(c1ccccc1)c1ccccc1. The molecule has 2 aromatic carbocycles. The highest BCUT2D eigenvalue weighted by Gasteiger charge is 2.50. The number of rotatable bonds is 6. The monoisotopic (exact) mass is 452 g/mol. The van der Waals surface area contributed by atoms with Crippen LogP contribution in [0.4, 0.5) is 0 Å². The molecule has 0 bridgehead atoms. The standard InChI is InChI=1S/C23H25ClN4O2Si/c1-23(2,3)31(17-10-6-4-7-11-17,18-12-8-5-9-13-18)30-15-14-28-20-19(16-25-28)21(29)27-22(24)26-20/h4-13,16H,14-15H2,1-3H3,(H,26,27,29). The molecular weight excluding hydrogens is 428 g/mol. The molecule has 4 rings (SSSR count). The van der Waals surface area contributed by atoms with Crippen molar-refractivity contribution in [3.8, 4) is 0 Å². The largest absolute Gasteiger partial charge is 0.406 e. The molecule has 0 fully saturated rings. The van der Waals surface area contributed by atoms with Crippen LogP contribution in [0.15, 0.2) is 71.7 Å². The Morgan fingerprint density at radius 1 is 1.03 bits per heavy atom. The number of benzene rings is 2. The lowest BCUT2D eigenvalue weighted by Crippen LogP contribution is -2.66. The van der Waals surface area contributed by atoms with Crippen LogP contribution in [0, 0.1) is 0 Å². The molecule has 8 heteroatoms. The molecule has 0 radical (unpaired) electrons. The number of aromatic nitrogens is 4. The Morgan fingerprint density at radius 2 is 1.61 bits per heavy atom. The van der Waals surface area contributed by atoms with Gasteiger partial charge < -0.3 is 4.43 Å². The lowest BCUT2D eigenvalue weighted by atomic mass is 10.2. The third-order valence-corrected chi connectivity index (χ3v) is 10.7. The van der Waals surface area contributed by atoms with Gasteiger partial charge in [0.1, 0.15) is 5.39 Å². The number of aromatic amines is 1. The third-order valence-electron chi connectivity index (χ3n) is 5.52. The maximum absolute atomic E-state index is 12.1. The van der Waals surface area contributed by atoms with Crippen molar-refractivity contribution in [3.05, 3.63) is 82.5 Å². The van der Waals surface area contributed by atoms with Gasteiger partial charge in [0.15, 0.2) is 5.65 Å². The molecule has 0 aliphatic heterocycles. The van der Waals surface area contributed by atoms with Gasteiger partial charge in [0.25, 0.3) is 13.9 Å². The molecule has 0 aliphatic rings. The average Bonchev–Trinajstić information content (AvgIpc) is 3.15. The van der Waals surface area contributed by atoms with Crippen molar-refractivity contribution >= 4 is 41.3 Å². The maximum Gasteiger partial charge on any atom is 0.262 e. The first-order valence-corrected chi connectivity index (χ1v) is 12.5. The summed E-state index contributed by atoms with van der Waals surface area (Å²) < 4.78 is 8.56. The lowest BCUT2D eigenvalue weighted by molar-refractivity contribution is 0.276. The quantitative estimate of drug-likeness (QED) is 0.359. The number of halogens is 1. The molecule has 0 saturated carbocycles. The molecule has 31 heavy (non-hydrogen) atoms. The van der Waals surface area contributed by atoms with Crippen molar-refractivity contribution in [2.75, 3.05) is 6.61 Å². The normalized spacial score (nSPS) is 12.4. The Kier molecular flexibility index (Phi) is 5.83. The van der Waals surface area contributed by atoms with Crippen LogP contribution < -0.4 is 15.9 Å². The molecule has 1 N–H and O–H groups in total. The summed E-state index contributed by atoms with van der Waals surface area (Å²) in [4.78, 5) is 18.8. The summed E-state index contributed by atoms with van der Waals surface area (Å²) in [6, 6.07) is 21.0. The van der Waals surface area contributed by atoms with E-state index in [4.69, 9.17) is 16.0 Å². The molecule has 0 amide bonds. The third kappa shape index (κ3) is 3.96. The zero-order chi connectivity index (χ0) is 22.1. The fraction of sp³-hybridized carbons (Fsp3) is 0.261. The van der Waals surface area contributed by atoms with Crippen molar-refractivity contribution in [1.29, 1.82) is 0 Å².